The number of unbranched alkanes of at least 4 members (excludes halogenated alkanes) is 10. The summed E-state index contributed by atoms with van der Waals surface area (Å²) in [5.74, 6) is 0. The van der Waals surface area contributed by atoms with E-state index in [1.807, 2.05) is 14.1 Å². The van der Waals surface area contributed by atoms with Gasteiger partial charge in [0.15, 0.2) is 0 Å². The first kappa shape index (κ1) is 26.9. The Morgan fingerprint density at radius 2 is 1.00 bits per heavy atom. The minimum absolute atomic E-state index is 0.0574. The molecule has 3 heteroatoms. The number of rotatable bonds is 19. The van der Waals surface area contributed by atoms with E-state index in [2.05, 4.69) is 32.6 Å². The zero-order valence-electron chi connectivity index (χ0n) is 19.9. The maximum Gasteiger partial charge on any atom is 0.123 e. The molecule has 0 spiro atoms. The number of nitrogens with zero attached hydrogens (tertiary/aromatic N) is 2. The Labute approximate surface area is 172 Å². The summed E-state index contributed by atoms with van der Waals surface area (Å²) < 4.78 is 0.0574. The summed E-state index contributed by atoms with van der Waals surface area (Å²) in [6.45, 7) is 12.6. The molecule has 164 valence electrons. The number of hydroxylamine groups is 3. The average molecular weight is 386 g/mol. The summed E-state index contributed by atoms with van der Waals surface area (Å²) in [6.07, 6.45) is 18.8. The molecule has 0 saturated carbocycles. The molecular formula is C24H53N2O+. The molecule has 0 fully saturated rings. The Hall–Kier alpha value is -0.120. The van der Waals surface area contributed by atoms with Gasteiger partial charge in [-0.2, -0.15) is 4.65 Å². The molecule has 0 atom stereocenters. The summed E-state index contributed by atoms with van der Waals surface area (Å²) in [7, 11) is 3.79. The van der Waals surface area contributed by atoms with Gasteiger partial charge < -0.3 is 4.90 Å². The average Bonchev–Trinajstić information content (AvgIpc) is 2.59. The van der Waals surface area contributed by atoms with E-state index in [4.69, 9.17) is 0 Å². The van der Waals surface area contributed by atoms with Crippen molar-refractivity contribution < 1.29 is 9.85 Å². The highest BCUT2D eigenvalue weighted by Gasteiger charge is 2.35. The normalized spacial score (nSPS) is 12.9. The SMILES string of the molecule is CCCCCCCCN(CCCCCCCC)CCCC(C)(C)[N+](C)(C)O. The van der Waals surface area contributed by atoms with Crippen LogP contribution in [-0.2, 0) is 0 Å². The van der Waals surface area contributed by atoms with E-state index in [0.29, 0.717) is 0 Å². The van der Waals surface area contributed by atoms with Gasteiger partial charge in [-0.3, -0.25) is 0 Å². The smallest absolute Gasteiger partial charge is 0.123 e. The van der Waals surface area contributed by atoms with Gasteiger partial charge >= 0.3 is 0 Å². The van der Waals surface area contributed by atoms with Crippen molar-refractivity contribution in [1.29, 1.82) is 0 Å². The molecule has 0 bridgehead atoms. The molecule has 0 aliphatic heterocycles. The van der Waals surface area contributed by atoms with Crippen molar-refractivity contribution in [2.45, 2.75) is 123 Å². The molecule has 0 saturated heterocycles. The maximum absolute atomic E-state index is 10.3. The molecular weight excluding hydrogens is 332 g/mol. The third kappa shape index (κ3) is 14.5. The molecule has 0 amide bonds. The number of hydrogen-bond donors (Lipinski definition) is 1. The Bertz CT molecular complexity index is 307. The van der Waals surface area contributed by atoms with Gasteiger partial charge in [-0.25, -0.2) is 5.21 Å². The highest BCUT2D eigenvalue weighted by Crippen LogP contribution is 2.23. The van der Waals surface area contributed by atoms with Gasteiger partial charge in [0.2, 0.25) is 0 Å². The molecule has 0 aromatic carbocycles. The molecule has 0 unspecified atom stereocenters. The van der Waals surface area contributed by atoms with Gasteiger partial charge in [0, 0.05) is 6.42 Å². The molecule has 0 radical (unpaired) electrons. The second-order valence-corrected chi connectivity index (χ2v) is 9.69. The lowest BCUT2D eigenvalue weighted by atomic mass is 9.96. The summed E-state index contributed by atoms with van der Waals surface area (Å²) in [5, 5.41) is 10.3. The monoisotopic (exact) mass is 385 g/mol. The zero-order valence-corrected chi connectivity index (χ0v) is 19.9. The minimum Gasteiger partial charge on any atom is -0.303 e. The second kappa shape index (κ2) is 15.8. The van der Waals surface area contributed by atoms with Crippen LogP contribution in [0.4, 0.5) is 0 Å². The Morgan fingerprint density at radius 3 is 1.41 bits per heavy atom. The van der Waals surface area contributed by atoms with Crippen molar-refractivity contribution in [1.82, 2.24) is 4.90 Å². The minimum atomic E-state index is -0.0774. The fourth-order valence-corrected chi connectivity index (χ4v) is 3.58. The molecule has 0 aliphatic rings. The van der Waals surface area contributed by atoms with Crippen molar-refractivity contribution in [3.05, 3.63) is 0 Å². The van der Waals surface area contributed by atoms with E-state index in [0.717, 1.165) is 6.42 Å². The topological polar surface area (TPSA) is 23.5 Å². The van der Waals surface area contributed by atoms with Gasteiger partial charge in [0.25, 0.3) is 0 Å². The molecule has 0 aromatic rings. The van der Waals surface area contributed by atoms with Gasteiger partial charge in [-0.15, -0.1) is 0 Å². The van der Waals surface area contributed by atoms with Gasteiger partial charge in [-0.1, -0.05) is 78.1 Å². The van der Waals surface area contributed by atoms with E-state index in [-0.39, 0.29) is 10.2 Å². The first-order chi connectivity index (χ1) is 12.7. The van der Waals surface area contributed by atoms with Crippen LogP contribution < -0.4 is 0 Å². The van der Waals surface area contributed by atoms with Gasteiger partial charge in [0.1, 0.15) is 5.54 Å². The molecule has 3 nitrogen and oxygen atoms in total. The van der Waals surface area contributed by atoms with Gasteiger partial charge in [-0.05, 0) is 52.7 Å². The number of quaternary nitrogens is 1. The predicted octanol–water partition coefficient (Wildman–Crippen LogP) is 7.03. The van der Waals surface area contributed by atoms with E-state index in [1.165, 1.54) is 103 Å². The highest BCUT2D eigenvalue weighted by molar-refractivity contribution is 4.69. The lowest BCUT2D eigenvalue weighted by Crippen LogP contribution is -2.53. The lowest BCUT2D eigenvalue weighted by molar-refractivity contribution is -1.11. The Balaban J connectivity index is 4.17. The molecule has 27 heavy (non-hydrogen) atoms. The Kier molecular flexibility index (Phi) is 15.7. The quantitative estimate of drug-likeness (QED) is 0.146. The van der Waals surface area contributed by atoms with E-state index in [9.17, 15) is 5.21 Å². The standard InChI is InChI=1S/C24H53N2O/c1-7-9-11-13-15-17-21-25(22-18-16-14-12-10-8-2)23-19-20-24(3,4)26(5,6)27/h27H,7-23H2,1-6H3/q+1. The fraction of sp³-hybridized carbons (Fsp3) is 1.00. The van der Waals surface area contributed by atoms with Crippen molar-refractivity contribution in [3.63, 3.8) is 0 Å². The second-order valence-electron chi connectivity index (χ2n) is 9.69. The van der Waals surface area contributed by atoms with Crippen LogP contribution in [0.2, 0.25) is 0 Å². The van der Waals surface area contributed by atoms with Crippen molar-refractivity contribution in [3.8, 4) is 0 Å². The summed E-state index contributed by atoms with van der Waals surface area (Å²) in [6, 6.07) is 0. The van der Waals surface area contributed by atoms with Crippen molar-refractivity contribution in [2.75, 3.05) is 33.7 Å². The van der Waals surface area contributed by atoms with Crippen LogP contribution in [0.25, 0.3) is 0 Å². The van der Waals surface area contributed by atoms with Crippen LogP contribution in [0.15, 0.2) is 0 Å². The fourth-order valence-electron chi connectivity index (χ4n) is 3.58. The van der Waals surface area contributed by atoms with Crippen LogP contribution >= 0.6 is 0 Å². The van der Waals surface area contributed by atoms with Crippen LogP contribution in [0, 0.1) is 0 Å². The lowest BCUT2D eigenvalue weighted by Gasteiger charge is -2.37. The van der Waals surface area contributed by atoms with Crippen LogP contribution in [0.1, 0.15) is 118 Å². The van der Waals surface area contributed by atoms with Crippen LogP contribution in [-0.4, -0.2) is 54.0 Å². The molecule has 0 aliphatic carbocycles. The Morgan fingerprint density at radius 1 is 0.630 bits per heavy atom. The van der Waals surface area contributed by atoms with E-state index in [1.54, 1.807) is 0 Å². The molecule has 0 rings (SSSR count). The highest BCUT2D eigenvalue weighted by atomic mass is 16.5. The van der Waals surface area contributed by atoms with Crippen LogP contribution in [0.5, 0.6) is 0 Å². The van der Waals surface area contributed by atoms with E-state index >= 15 is 0 Å². The summed E-state index contributed by atoms with van der Waals surface area (Å²) in [5.41, 5.74) is -0.0774. The summed E-state index contributed by atoms with van der Waals surface area (Å²) >= 11 is 0. The largest absolute Gasteiger partial charge is 0.303 e. The predicted molar refractivity (Wildman–Crippen MR) is 120 cm³/mol. The summed E-state index contributed by atoms with van der Waals surface area (Å²) in [4.78, 5) is 2.70. The number of hydrogen-bond acceptors (Lipinski definition) is 2. The first-order valence-corrected chi connectivity index (χ1v) is 12.0. The van der Waals surface area contributed by atoms with Crippen molar-refractivity contribution >= 4 is 0 Å². The van der Waals surface area contributed by atoms with E-state index < -0.39 is 0 Å². The maximum atomic E-state index is 10.3. The third-order valence-corrected chi connectivity index (χ3v) is 6.40. The van der Waals surface area contributed by atoms with Gasteiger partial charge in [0.05, 0.1) is 14.1 Å². The third-order valence-electron chi connectivity index (χ3n) is 6.40. The van der Waals surface area contributed by atoms with Crippen molar-refractivity contribution in [2.24, 2.45) is 0 Å². The molecule has 0 aromatic heterocycles. The molecule has 0 heterocycles. The van der Waals surface area contributed by atoms with Crippen LogP contribution in [0.3, 0.4) is 0 Å². The first-order valence-electron chi connectivity index (χ1n) is 12.0. The molecule has 1 N–H and O–H groups in total. The zero-order chi connectivity index (χ0) is 20.6.